The molecule has 7 nitrogen and oxygen atoms in total. The van der Waals surface area contributed by atoms with Gasteiger partial charge in [-0.1, -0.05) is 43.7 Å². The maximum atomic E-state index is 5.15. The Kier molecular flexibility index (Phi) is 6.90. The van der Waals surface area contributed by atoms with Crippen molar-refractivity contribution in [2.45, 2.75) is 65.1 Å². The van der Waals surface area contributed by atoms with Crippen LogP contribution in [0.25, 0.3) is 0 Å². The average Bonchev–Trinajstić information content (AvgIpc) is 3.09. The van der Waals surface area contributed by atoms with Gasteiger partial charge in [0.05, 0.1) is 13.1 Å². The van der Waals surface area contributed by atoms with Crippen LogP contribution in [-0.2, 0) is 29.7 Å². The first-order valence-corrected chi connectivity index (χ1v) is 10.4. The molecule has 0 saturated carbocycles. The first kappa shape index (κ1) is 21.3. The molecule has 2 heterocycles. The van der Waals surface area contributed by atoms with Crippen LogP contribution in [0.15, 0.2) is 29.3 Å². The minimum Gasteiger partial charge on any atom is -0.377 e. The van der Waals surface area contributed by atoms with Crippen LogP contribution in [0.4, 0.5) is 0 Å². The second kappa shape index (κ2) is 9.39. The SMILES string of the molecule is CCNC(=NCC(C)(C)c1ccc(C)cc1)NC1CCc2nc(COC)nn2C1. The van der Waals surface area contributed by atoms with Crippen molar-refractivity contribution >= 4 is 5.96 Å². The van der Waals surface area contributed by atoms with Gasteiger partial charge < -0.3 is 15.4 Å². The summed E-state index contributed by atoms with van der Waals surface area (Å²) in [7, 11) is 1.67. The highest BCUT2D eigenvalue weighted by atomic mass is 16.5. The highest BCUT2D eigenvalue weighted by Gasteiger charge is 2.24. The van der Waals surface area contributed by atoms with Gasteiger partial charge in [-0.25, -0.2) is 9.67 Å². The monoisotopic (exact) mass is 398 g/mol. The van der Waals surface area contributed by atoms with E-state index in [1.54, 1.807) is 7.11 Å². The van der Waals surface area contributed by atoms with Crippen LogP contribution in [-0.4, -0.2) is 47.0 Å². The zero-order valence-corrected chi connectivity index (χ0v) is 18.3. The molecule has 0 amide bonds. The molecule has 0 radical (unpaired) electrons. The number of aliphatic imine (C=N–C) groups is 1. The van der Waals surface area contributed by atoms with Crippen molar-refractivity contribution in [3.05, 3.63) is 47.0 Å². The van der Waals surface area contributed by atoms with E-state index in [0.717, 1.165) is 43.5 Å². The third kappa shape index (κ3) is 5.56. The van der Waals surface area contributed by atoms with Crippen LogP contribution in [0.1, 0.15) is 50.0 Å². The molecule has 0 bridgehead atoms. The molecule has 1 aliphatic heterocycles. The number of hydrogen-bond donors (Lipinski definition) is 2. The molecule has 1 aromatic carbocycles. The third-order valence-electron chi connectivity index (χ3n) is 5.33. The van der Waals surface area contributed by atoms with Crippen molar-refractivity contribution in [2.75, 3.05) is 20.2 Å². The van der Waals surface area contributed by atoms with Crippen molar-refractivity contribution < 1.29 is 4.74 Å². The molecule has 2 aromatic rings. The summed E-state index contributed by atoms with van der Waals surface area (Å²) in [5, 5.41) is 11.5. The molecule has 3 rings (SSSR count). The van der Waals surface area contributed by atoms with E-state index in [4.69, 9.17) is 9.73 Å². The smallest absolute Gasteiger partial charge is 0.191 e. The summed E-state index contributed by atoms with van der Waals surface area (Å²) in [6.07, 6.45) is 1.92. The van der Waals surface area contributed by atoms with Crippen molar-refractivity contribution in [3.63, 3.8) is 0 Å². The van der Waals surface area contributed by atoms with Crippen LogP contribution in [0, 0.1) is 6.92 Å². The van der Waals surface area contributed by atoms with E-state index in [1.165, 1.54) is 11.1 Å². The Hall–Kier alpha value is -2.41. The lowest BCUT2D eigenvalue weighted by molar-refractivity contribution is 0.177. The second-order valence-corrected chi connectivity index (χ2v) is 8.38. The zero-order valence-electron chi connectivity index (χ0n) is 18.3. The van der Waals surface area contributed by atoms with Crippen molar-refractivity contribution in [2.24, 2.45) is 4.99 Å². The maximum absolute atomic E-state index is 5.15. The predicted molar refractivity (Wildman–Crippen MR) is 116 cm³/mol. The zero-order chi connectivity index (χ0) is 20.9. The van der Waals surface area contributed by atoms with E-state index < -0.39 is 0 Å². The molecule has 1 aliphatic rings. The Morgan fingerprint density at radius 3 is 2.76 bits per heavy atom. The minimum atomic E-state index is -0.0310. The first-order chi connectivity index (χ1) is 13.9. The van der Waals surface area contributed by atoms with Crippen LogP contribution in [0.2, 0.25) is 0 Å². The van der Waals surface area contributed by atoms with Gasteiger partial charge in [-0.2, -0.15) is 5.10 Å². The van der Waals surface area contributed by atoms with Gasteiger partial charge in [0, 0.05) is 31.5 Å². The van der Waals surface area contributed by atoms with Crippen LogP contribution in [0.3, 0.4) is 0 Å². The van der Waals surface area contributed by atoms with Gasteiger partial charge in [0.2, 0.25) is 0 Å². The number of nitrogens with zero attached hydrogens (tertiary/aromatic N) is 4. The van der Waals surface area contributed by atoms with E-state index in [9.17, 15) is 0 Å². The molecule has 7 heteroatoms. The summed E-state index contributed by atoms with van der Waals surface area (Å²) in [6, 6.07) is 9.02. The predicted octanol–water partition coefficient (Wildman–Crippen LogP) is 2.58. The number of ether oxygens (including phenoxy) is 1. The summed E-state index contributed by atoms with van der Waals surface area (Å²) in [6.45, 7) is 11.5. The molecule has 29 heavy (non-hydrogen) atoms. The summed E-state index contributed by atoms with van der Waals surface area (Å²) < 4.78 is 7.15. The molecule has 158 valence electrons. The summed E-state index contributed by atoms with van der Waals surface area (Å²) in [5.41, 5.74) is 2.55. The van der Waals surface area contributed by atoms with Crippen LogP contribution in [0.5, 0.6) is 0 Å². The fourth-order valence-corrected chi connectivity index (χ4v) is 3.55. The molecule has 1 aromatic heterocycles. The molecule has 0 aliphatic carbocycles. The number of fused-ring (bicyclic) bond motifs is 1. The van der Waals surface area contributed by atoms with Gasteiger partial charge in [-0.05, 0) is 25.8 Å². The fourth-order valence-electron chi connectivity index (χ4n) is 3.55. The normalized spacial score (nSPS) is 17.1. The van der Waals surface area contributed by atoms with Crippen molar-refractivity contribution in [1.29, 1.82) is 0 Å². The number of rotatable bonds is 7. The second-order valence-electron chi connectivity index (χ2n) is 8.38. The molecule has 0 fully saturated rings. The average molecular weight is 399 g/mol. The van der Waals surface area contributed by atoms with E-state index >= 15 is 0 Å². The summed E-state index contributed by atoms with van der Waals surface area (Å²) in [4.78, 5) is 9.45. The number of nitrogens with one attached hydrogen (secondary N) is 2. The lowest BCUT2D eigenvalue weighted by Crippen LogP contribution is -2.47. The standard InChI is InChI=1S/C22H34N6O/c1-6-23-21(24-15-22(3,4)17-9-7-16(2)8-10-17)25-18-11-12-20-26-19(14-29-5)27-28(20)13-18/h7-10,18H,6,11-15H2,1-5H3,(H2,23,24,25). The van der Waals surface area contributed by atoms with E-state index in [2.05, 4.69) is 72.7 Å². The molecular formula is C22H34N6O. The van der Waals surface area contributed by atoms with Gasteiger partial charge in [-0.15, -0.1) is 0 Å². The maximum Gasteiger partial charge on any atom is 0.191 e. The molecule has 0 saturated heterocycles. The van der Waals surface area contributed by atoms with Crippen LogP contribution >= 0.6 is 0 Å². The minimum absolute atomic E-state index is 0.0310. The Morgan fingerprint density at radius 1 is 1.31 bits per heavy atom. The van der Waals surface area contributed by atoms with Gasteiger partial charge >= 0.3 is 0 Å². The molecular weight excluding hydrogens is 364 g/mol. The summed E-state index contributed by atoms with van der Waals surface area (Å²) >= 11 is 0. The first-order valence-electron chi connectivity index (χ1n) is 10.4. The molecule has 1 unspecified atom stereocenters. The Balaban J connectivity index is 1.65. The van der Waals surface area contributed by atoms with Crippen LogP contribution < -0.4 is 10.6 Å². The number of methoxy groups -OCH3 is 1. The molecule has 2 N–H and O–H groups in total. The number of aromatic nitrogens is 3. The molecule has 0 spiro atoms. The lowest BCUT2D eigenvalue weighted by Gasteiger charge is -2.27. The third-order valence-corrected chi connectivity index (χ3v) is 5.33. The number of aryl methyl sites for hydroxylation is 2. The van der Waals surface area contributed by atoms with Gasteiger partial charge in [-0.3, -0.25) is 4.99 Å². The van der Waals surface area contributed by atoms with Gasteiger partial charge in [0.15, 0.2) is 11.8 Å². The van der Waals surface area contributed by atoms with E-state index in [1.807, 2.05) is 4.68 Å². The largest absolute Gasteiger partial charge is 0.377 e. The van der Waals surface area contributed by atoms with Crippen molar-refractivity contribution in [3.8, 4) is 0 Å². The lowest BCUT2D eigenvalue weighted by atomic mass is 9.84. The molecule has 1 atom stereocenters. The number of guanidine groups is 1. The van der Waals surface area contributed by atoms with Crippen molar-refractivity contribution in [1.82, 2.24) is 25.4 Å². The Labute approximate surface area is 174 Å². The number of benzene rings is 1. The van der Waals surface area contributed by atoms with E-state index in [0.29, 0.717) is 13.2 Å². The van der Waals surface area contributed by atoms with Gasteiger partial charge in [0.1, 0.15) is 12.4 Å². The van der Waals surface area contributed by atoms with E-state index in [-0.39, 0.29) is 11.5 Å². The highest BCUT2D eigenvalue weighted by Crippen LogP contribution is 2.24. The highest BCUT2D eigenvalue weighted by molar-refractivity contribution is 5.80. The quantitative estimate of drug-likeness (QED) is 0.554. The fraction of sp³-hybridized carbons (Fsp3) is 0.591. The Morgan fingerprint density at radius 2 is 2.07 bits per heavy atom. The summed E-state index contributed by atoms with van der Waals surface area (Å²) in [5.74, 6) is 2.65. The topological polar surface area (TPSA) is 76.4 Å². The van der Waals surface area contributed by atoms with Gasteiger partial charge in [0.25, 0.3) is 0 Å². The Bertz CT molecular complexity index is 824. The number of hydrogen-bond acceptors (Lipinski definition) is 4.